The summed E-state index contributed by atoms with van der Waals surface area (Å²) in [7, 11) is 1.98. The van der Waals surface area contributed by atoms with Crippen LogP contribution in [0.1, 0.15) is 51.4 Å². The Morgan fingerprint density at radius 1 is 1.14 bits per heavy atom. The average Bonchev–Trinajstić information content (AvgIpc) is 3.21. The van der Waals surface area contributed by atoms with Crippen molar-refractivity contribution in [3.05, 3.63) is 69.1 Å². The van der Waals surface area contributed by atoms with Gasteiger partial charge in [-0.05, 0) is 75.8 Å². The molecule has 0 spiro atoms. The molecule has 3 heterocycles. The van der Waals surface area contributed by atoms with Gasteiger partial charge in [-0.2, -0.15) is 5.10 Å². The van der Waals surface area contributed by atoms with Gasteiger partial charge in [0.15, 0.2) is 0 Å². The molecular formula is C29H33ClN4O2. The SMILES string of the molecule is Cc1cc(OCCCc2c3n(c4c(-c5c(C)nn(C)c5C)cccc24)CCCNC3=O)cc(C)c1Cl. The Kier molecular flexibility index (Phi) is 6.56. The molecule has 4 aromatic rings. The third-order valence-electron chi connectivity index (χ3n) is 7.27. The predicted octanol–water partition coefficient (Wildman–Crippen LogP) is 6.07. The Labute approximate surface area is 217 Å². The highest BCUT2D eigenvalue weighted by Gasteiger charge is 2.27. The van der Waals surface area contributed by atoms with Gasteiger partial charge < -0.3 is 14.6 Å². The van der Waals surface area contributed by atoms with E-state index in [2.05, 4.69) is 47.0 Å². The van der Waals surface area contributed by atoms with E-state index in [-0.39, 0.29) is 5.91 Å². The molecule has 2 aromatic heterocycles. The van der Waals surface area contributed by atoms with E-state index in [1.54, 1.807) is 0 Å². The van der Waals surface area contributed by atoms with Crippen molar-refractivity contribution >= 4 is 28.4 Å². The fourth-order valence-electron chi connectivity index (χ4n) is 5.53. The molecule has 2 aromatic carbocycles. The summed E-state index contributed by atoms with van der Waals surface area (Å²) in [6.45, 7) is 10.2. The van der Waals surface area contributed by atoms with E-state index >= 15 is 0 Å². The van der Waals surface area contributed by atoms with E-state index in [9.17, 15) is 4.79 Å². The molecule has 1 aliphatic rings. The Morgan fingerprint density at radius 3 is 2.58 bits per heavy atom. The second-order valence-corrected chi connectivity index (χ2v) is 10.2. The molecule has 0 fully saturated rings. The zero-order valence-corrected chi connectivity index (χ0v) is 22.4. The number of carbonyl (C=O) groups excluding carboxylic acids is 1. The molecule has 0 saturated heterocycles. The van der Waals surface area contributed by atoms with Crippen LogP contribution in [0.5, 0.6) is 5.75 Å². The first-order valence-corrected chi connectivity index (χ1v) is 13.0. The highest BCUT2D eigenvalue weighted by Crippen LogP contribution is 2.38. The number of aromatic nitrogens is 3. The molecular weight excluding hydrogens is 472 g/mol. The average molecular weight is 505 g/mol. The number of rotatable bonds is 6. The van der Waals surface area contributed by atoms with Gasteiger partial charge in [0, 0.05) is 47.4 Å². The van der Waals surface area contributed by atoms with Crippen LogP contribution in [0.4, 0.5) is 0 Å². The maximum Gasteiger partial charge on any atom is 0.268 e. The van der Waals surface area contributed by atoms with Gasteiger partial charge in [-0.25, -0.2) is 0 Å². The van der Waals surface area contributed by atoms with Crippen LogP contribution in [-0.4, -0.2) is 33.4 Å². The maximum absolute atomic E-state index is 13.3. The molecule has 188 valence electrons. The van der Waals surface area contributed by atoms with E-state index in [1.165, 1.54) is 0 Å². The first-order chi connectivity index (χ1) is 17.3. The van der Waals surface area contributed by atoms with Crippen LogP contribution >= 0.6 is 11.6 Å². The van der Waals surface area contributed by atoms with Crippen LogP contribution < -0.4 is 10.1 Å². The Hall–Kier alpha value is -3.25. The lowest BCUT2D eigenvalue weighted by molar-refractivity contribution is 0.0950. The number of amides is 1. The number of fused-ring (bicyclic) bond motifs is 3. The highest BCUT2D eigenvalue weighted by atomic mass is 35.5. The maximum atomic E-state index is 13.3. The Morgan fingerprint density at radius 2 is 1.89 bits per heavy atom. The number of nitrogens with one attached hydrogen (secondary N) is 1. The van der Waals surface area contributed by atoms with Crippen molar-refractivity contribution in [3.8, 4) is 16.9 Å². The van der Waals surface area contributed by atoms with Crippen LogP contribution in [0, 0.1) is 27.7 Å². The molecule has 7 heteroatoms. The van der Waals surface area contributed by atoms with E-state index in [4.69, 9.17) is 16.3 Å². The van der Waals surface area contributed by atoms with Crippen LogP contribution in [-0.2, 0) is 20.0 Å². The molecule has 6 nitrogen and oxygen atoms in total. The molecule has 0 bridgehead atoms. The van der Waals surface area contributed by atoms with E-state index in [0.717, 1.165) is 92.4 Å². The topological polar surface area (TPSA) is 61.1 Å². The number of aryl methyl sites for hydroxylation is 6. The number of hydrogen-bond donors (Lipinski definition) is 1. The summed E-state index contributed by atoms with van der Waals surface area (Å²) in [4.78, 5) is 13.3. The Bertz CT molecular complexity index is 1460. The minimum atomic E-state index is 0.00847. The van der Waals surface area contributed by atoms with Crippen LogP contribution in [0.2, 0.25) is 5.02 Å². The molecule has 1 N–H and O–H groups in total. The number of para-hydroxylation sites is 1. The molecule has 0 unspecified atom stereocenters. The van der Waals surface area contributed by atoms with Crippen molar-refractivity contribution in [2.45, 2.75) is 53.5 Å². The summed E-state index contributed by atoms with van der Waals surface area (Å²) < 4.78 is 10.2. The smallest absolute Gasteiger partial charge is 0.268 e. The lowest BCUT2D eigenvalue weighted by Crippen LogP contribution is -2.24. The zero-order valence-electron chi connectivity index (χ0n) is 21.7. The lowest BCUT2D eigenvalue weighted by Gasteiger charge is -2.11. The number of ether oxygens (including phenoxy) is 1. The molecule has 0 radical (unpaired) electrons. The first-order valence-electron chi connectivity index (χ1n) is 12.6. The number of nitrogens with zero attached hydrogens (tertiary/aromatic N) is 3. The largest absolute Gasteiger partial charge is 0.494 e. The van der Waals surface area contributed by atoms with Gasteiger partial charge in [0.05, 0.1) is 17.8 Å². The van der Waals surface area contributed by atoms with Crippen LogP contribution in [0.25, 0.3) is 22.0 Å². The summed E-state index contributed by atoms with van der Waals surface area (Å²) in [5.41, 5.74) is 9.45. The van der Waals surface area contributed by atoms with Gasteiger partial charge in [0.25, 0.3) is 5.91 Å². The van der Waals surface area contributed by atoms with Crippen LogP contribution in [0.15, 0.2) is 30.3 Å². The third kappa shape index (κ3) is 4.17. The van der Waals surface area contributed by atoms with Gasteiger partial charge in [-0.1, -0.05) is 29.8 Å². The molecule has 5 rings (SSSR count). The molecule has 0 atom stereocenters. The Balaban J connectivity index is 1.52. The number of halogens is 1. The van der Waals surface area contributed by atoms with Crippen molar-refractivity contribution in [3.63, 3.8) is 0 Å². The quantitative estimate of drug-likeness (QED) is 0.324. The van der Waals surface area contributed by atoms with E-state index in [1.807, 2.05) is 37.7 Å². The van der Waals surface area contributed by atoms with Crippen molar-refractivity contribution in [1.29, 1.82) is 0 Å². The van der Waals surface area contributed by atoms with Gasteiger partial charge in [-0.15, -0.1) is 0 Å². The lowest BCUT2D eigenvalue weighted by atomic mass is 9.98. The molecule has 0 saturated carbocycles. The van der Waals surface area contributed by atoms with Gasteiger partial charge in [-0.3, -0.25) is 9.48 Å². The molecule has 0 aliphatic carbocycles. The summed E-state index contributed by atoms with van der Waals surface area (Å²) in [6, 6.07) is 10.4. The second kappa shape index (κ2) is 9.66. The fraction of sp³-hybridized carbons (Fsp3) is 0.379. The molecule has 36 heavy (non-hydrogen) atoms. The molecule has 1 amide bonds. The predicted molar refractivity (Wildman–Crippen MR) is 145 cm³/mol. The number of benzene rings is 2. The molecule has 1 aliphatic heterocycles. The monoisotopic (exact) mass is 504 g/mol. The van der Waals surface area contributed by atoms with E-state index in [0.29, 0.717) is 13.2 Å². The van der Waals surface area contributed by atoms with Gasteiger partial charge in [0.1, 0.15) is 11.4 Å². The van der Waals surface area contributed by atoms with Crippen molar-refractivity contribution in [2.24, 2.45) is 7.05 Å². The first kappa shape index (κ1) is 24.4. The minimum absolute atomic E-state index is 0.00847. The number of carbonyl (C=O) groups is 1. The van der Waals surface area contributed by atoms with Crippen molar-refractivity contribution in [2.75, 3.05) is 13.2 Å². The summed E-state index contributed by atoms with van der Waals surface area (Å²) in [6.07, 6.45) is 2.46. The van der Waals surface area contributed by atoms with E-state index < -0.39 is 0 Å². The fourth-order valence-corrected chi connectivity index (χ4v) is 5.64. The second-order valence-electron chi connectivity index (χ2n) is 9.78. The van der Waals surface area contributed by atoms with Gasteiger partial charge in [0.2, 0.25) is 0 Å². The zero-order chi connectivity index (χ0) is 25.6. The summed E-state index contributed by atoms with van der Waals surface area (Å²) in [5, 5.41) is 9.68. The minimum Gasteiger partial charge on any atom is -0.494 e. The van der Waals surface area contributed by atoms with Gasteiger partial charge >= 0.3 is 0 Å². The third-order valence-corrected chi connectivity index (χ3v) is 7.87. The highest BCUT2D eigenvalue weighted by molar-refractivity contribution is 6.32. The van der Waals surface area contributed by atoms with Crippen molar-refractivity contribution < 1.29 is 9.53 Å². The van der Waals surface area contributed by atoms with Crippen LogP contribution in [0.3, 0.4) is 0 Å². The standard InChI is InChI=1S/C29H33ClN4O2/c1-17-15-21(16-18(2)26(17)30)36-14-7-11-23-22-9-6-10-24(25-19(3)32-33(5)20(25)4)27(22)34-13-8-12-31-29(35)28(23)34/h6,9-10,15-16H,7-8,11-14H2,1-5H3,(H,31,35). The number of hydrogen-bond acceptors (Lipinski definition) is 3. The normalized spacial score (nSPS) is 13.6. The summed E-state index contributed by atoms with van der Waals surface area (Å²) >= 11 is 6.31. The summed E-state index contributed by atoms with van der Waals surface area (Å²) in [5.74, 6) is 0.840. The van der Waals surface area contributed by atoms with Crippen molar-refractivity contribution in [1.82, 2.24) is 19.7 Å².